The van der Waals surface area contributed by atoms with Crippen molar-refractivity contribution in [2.45, 2.75) is 45.1 Å². The predicted molar refractivity (Wildman–Crippen MR) is 95.2 cm³/mol. The fourth-order valence-electron chi connectivity index (χ4n) is 3.55. The van der Waals surface area contributed by atoms with Gasteiger partial charge in [0.25, 0.3) is 5.91 Å². The molecule has 26 heavy (non-hydrogen) atoms. The van der Waals surface area contributed by atoms with E-state index in [9.17, 15) is 19.7 Å². The first kappa shape index (κ1) is 18.2. The van der Waals surface area contributed by atoms with Crippen LogP contribution in [0.25, 0.3) is 0 Å². The number of carbonyl (C=O) groups is 2. The zero-order valence-corrected chi connectivity index (χ0v) is 14.8. The van der Waals surface area contributed by atoms with E-state index in [4.69, 9.17) is 4.74 Å². The number of ether oxygens (including phenoxy) is 1. The van der Waals surface area contributed by atoms with Gasteiger partial charge in [0.15, 0.2) is 12.4 Å². The Labute approximate surface area is 151 Å². The van der Waals surface area contributed by atoms with Crippen LogP contribution >= 0.6 is 0 Å². The minimum absolute atomic E-state index is 0.0111. The molecule has 8 nitrogen and oxygen atoms in total. The summed E-state index contributed by atoms with van der Waals surface area (Å²) in [6, 6.07) is 4.50. The van der Waals surface area contributed by atoms with Crippen molar-refractivity contribution < 1.29 is 19.2 Å². The zero-order valence-electron chi connectivity index (χ0n) is 14.8. The number of piperidine rings is 1. The summed E-state index contributed by atoms with van der Waals surface area (Å²) in [6.45, 7) is 3.02. The van der Waals surface area contributed by atoms with Gasteiger partial charge in [0.1, 0.15) is 0 Å². The lowest BCUT2D eigenvalue weighted by atomic mass is 10.0. The van der Waals surface area contributed by atoms with Crippen molar-refractivity contribution in [3.8, 4) is 5.75 Å². The summed E-state index contributed by atoms with van der Waals surface area (Å²) in [7, 11) is 0. The lowest BCUT2D eigenvalue weighted by molar-refractivity contribution is -0.385. The van der Waals surface area contributed by atoms with Crippen molar-refractivity contribution in [3.63, 3.8) is 0 Å². The van der Waals surface area contributed by atoms with Crippen LogP contribution in [0.5, 0.6) is 5.75 Å². The molecule has 0 radical (unpaired) electrons. The Balaban J connectivity index is 1.75. The first-order valence-electron chi connectivity index (χ1n) is 8.98. The molecule has 2 heterocycles. The van der Waals surface area contributed by atoms with Gasteiger partial charge in [-0.1, -0.05) is 0 Å². The summed E-state index contributed by atoms with van der Waals surface area (Å²) in [6.07, 6.45) is 4.25. The van der Waals surface area contributed by atoms with Crippen LogP contribution in [0.4, 0.5) is 11.4 Å². The fourth-order valence-corrected chi connectivity index (χ4v) is 3.55. The van der Waals surface area contributed by atoms with Gasteiger partial charge in [-0.05, 0) is 38.7 Å². The van der Waals surface area contributed by atoms with E-state index in [1.165, 1.54) is 12.1 Å². The van der Waals surface area contributed by atoms with Crippen LogP contribution in [0, 0.1) is 10.1 Å². The number of nitro benzene ring substituents is 1. The van der Waals surface area contributed by atoms with E-state index >= 15 is 0 Å². The highest BCUT2D eigenvalue weighted by Crippen LogP contribution is 2.33. The number of hydrogen-bond donors (Lipinski definition) is 0. The number of rotatable bonds is 5. The molecule has 1 unspecified atom stereocenters. The van der Waals surface area contributed by atoms with Gasteiger partial charge < -0.3 is 14.5 Å². The zero-order chi connectivity index (χ0) is 18.7. The molecule has 0 bridgehead atoms. The van der Waals surface area contributed by atoms with Crippen molar-refractivity contribution in [3.05, 3.63) is 28.3 Å². The van der Waals surface area contributed by atoms with Crippen molar-refractivity contribution >= 4 is 23.2 Å². The first-order chi connectivity index (χ1) is 12.5. The van der Waals surface area contributed by atoms with Gasteiger partial charge in [0.2, 0.25) is 5.91 Å². The number of carbonyl (C=O) groups excluding carboxylic acids is 2. The van der Waals surface area contributed by atoms with Crippen LogP contribution in [-0.2, 0) is 9.59 Å². The Morgan fingerprint density at radius 2 is 2.12 bits per heavy atom. The average Bonchev–Trinajstić information content (AvgIpc) is 3.05. The van der Waals surface area contributed by atoms with Gasteiger partial charge in [0.05, 0.1) is 4.92 Å². The standard InChI is InChI=1S/C18H23N3O5/c1-13-5-2-3-9-19(13)18(23)12-26-16-11-14(7-8-15(16)21(24)25)20-10-4-6-17(20)22/h7-8,11,13H,2-6,9-10,12H2,1H3. The van der Waals surface area contributed by atoms with E-state index in [1.807, 2.05) is 6.92 Å². The monoisotopic (exact) mass is 361 g/mol. The molecule has 8 heteroatoms. The number of likely N-dealkylation sites (tertiary alicyclic amines) is 1. The molecule has 1 aromatic carbocycles. The lowest BCUT2D eigenvalue weighted by Crippen LogP contribution is -2.44. The Kier molecular flexibility index (Phi) is 5.39. The highest BCUT2D eigenvalue weighted by Gasteiger charge is 2.27. The molecule has 1 atom stereocenters. The predicted octanol–water partition coefficient (Wildman–Crippen LogP) is 2.50. The van der Waals surface area contributed by atoms with Gasteiger partial charge >= 0.3 is 5.69 Å². The molecular weight excluding hydrogens is 338 g/mol. The Bertz CT molecular complexity index is 721. The molecule has 2 aliphatic heterocycles. The Morgan fingerprint density at radius 1 is 1.31 bits per heavy atom. The summed E-state index contributed by atoms with van der Waals surface area (Å²) in [5.74, 6) is -0.164. The smallest absolute Gasteiger partial charge is 0.311 e. The third kappa shape index (κ3) is 3.79. The second-order valence-electron chi connectivity index (χ2n) is 6.78. The van der Waals surface area contributed by atoms with Crippen molar-refractivity contribution in [1.29, 1.82) is 0 Å². The largest absolute Gasteiger partial charge is 0.477 e. The molecule has 0 aromatic heterocycles. The van der Waals surface area contributed by atoms with E-state index in [2.05, 4.69) is 0 Å². The highest BCUT2D eigenvalue weighted by molar-refractivity contribution is 5.95. The third-order valence-corrected chi connectivity index (χ3v) is 5.00. The molecule has 2 amide bonds. The van der Waals surface area contributed by atoms with E-state index in [0.717, 1.165) is 25.7 Å². The highest BCUT2D eigenvalue weighted by atomic mass is 16.6. The van der Waals surface area contributed by atoms with Crippen molar-refractivity contribution in [2.24, 2.45) is 0 Å². The summed E-state index contributed by atoms with van der Waals surface area (Å²) < 4.78 is 5.53. The van der Waals surface area contributed by atoms with Gasteiger partial charge in [0, 0.05) is 43.4 Å². The fraction of sp³-hybridized carbons (Fsp3) is 0.556. The number of anilines is 1. The minimum Gasteiger partial charge on any atom is -0.477 e. The van der Waals surface area contributed by atoms with Gasteiger partial charge in [-0.3, -0.25) is 19.7 Å². The lowest BCUT2D eigenvalue weighted by Gasteiger charge is -2.33. The van der Waals surface area contributed by atoms with Gasteiger partial charge in [-0.15, -0.1) is 0 Å². The maximum absolute atomic E-state index is 12.4. The van der Waals surface area contributed by atoms with Crippen molar-refractivity contribution in [2.75, 3.05) is 24.6 Å². The SMILES string of the molecule is CC1CCCCN1C(=O)COc1cc(N2CCCC2=O)ccc1[N+](=O)[O-]. The van der Waals surface area contributed by atoms with Gasteiger partial charge in [-0.25, -0.2) is 0 Å². The molecular formula is C18H23N3O5. The molecule has 2 saturated heterocycles. The Morgan fingerprint density at radius 3 is 2.77 bits per heavy atom. The van der Waals surface area contributed by atoms with E-state index in [1.54, 1.807) is 15.9 Å². The molecule has 2 fully saturated rings. The van der Waals surface area contributed by atoms with E-state index in [-0.39, 0.29) is 35.9 Å². The van der Waals surface area contributed by atoms with Gasteiger partial charge in [-0.2, -0.15) is 0 Å². The van der Waals surface area contributed by atoms with Crippen molar-refractivity contribution in [1.82, 2.24) is 4.90 Å². The second kappa shape index (κ2) is 7.72. The van der Waals surface area contributed by atoms with Crippen LogP contribution in [0.1, 0.15) is 39.0 Å². The molecule has 0 aliphatic carbocycles. The summed E-state index contributed by atoms with van der Waals surface area (Å²) >= 11 is 0. The van der Waals surface area contributed by atoms with Crippen LogP contribution in [0.2, 0.25) is 0 Å². The summed E-state index contributed by atoms with van der Waals surface area (Å²) in [4.78, 5) is 38.4. The first-order valence-corrected chi connectivity index (χ1v) is 8.98. The molecule has 140 valence electrons. The normalized spacial score (nSPS) is 20.3. The van der Waals surface area contributed by atoms with E-state index < -0.39 is 4.92 Å². The quantitative estimate of drug-likeness (QED) is 0.593. The maximum Gasteiger partial charge on any atom is 0.311 e. The molecule has 1 aromatic rings. The molecule has 3 rings (SSSR count). The second-order valence-corrected chi connectivity index (χ2v) is 6.78. The van der Waals surface area contributed by atoms with E-state index in [0.29, 0.717) is 25.2 Å². The number of nitrogens with zero attached hydrogens (tertiary/aromatic N) is 3. The van der Waals surface area contributed by atoms with Crippen LogP contribution < -0.4 is 9.64 Å². The van der Waals surface area contributed by atoms with Crippen LogP contribution in [-0.4, -0.2) is 47.4 Å². The number of benzene rings is 1. The number of amides is 2. The molecule has 0 spiro atoms. The maximum atomic E-state index is 12.4. The molecule has 0 saturated carbocycles. The topological polar surface area (TPSA) is 93.0 Å². The van der Waals surface area contributed by atoms with Crippen LogP contribution in [0.15, 0.2) is 18.2 Å². The third-order valence-electron chi connectivity index (χ3n) is 5.00. The Hall–Kier alpha value is -2.64. The number of nitro groups is 1. The molecule has 0 N–H and O–H groups in total. The average molecular weight is 361 g/mol. The summed E-state index contributed by atoms with van der Waals surface area (Å²) in [5.41, 5.74) is 0.353. The molecule has 2 aliphatic rings. The number of hydrogen-bond acceptors (Lipinski definition) is 5. The summed E-state index contributed by atoms with van der Waals surface area (Å²) in [5, 5.41) is 11.3. The van der Waals surface area contributed by atoms with Crippen LogP contribution in [0.3, 0.4) is 0 Å². The minimum atomic E-state index is -0.543.